The van der Waals surface area contributed by atoms with Gasteiger partial charge in [-0.15, -0.1) is 27.8 Å². The number of nitrogens with zero attached hydrogens (tertiary/aromatic N) is 4. The van der Waals surface area contributed by atoms with E-state index in [2.05, 4.69) is 31.6 Å². The maximum absolute atomic E-state index is 13.5. The molecule has 1 saturated heterocycles. The van der Waals surface area contributed by atoms with E-state index in [1.54, 1.807) is 18.2 Å². The van der Waals surface area contributed by atoms with Crippen LogP contribution in [0, 0.1) is 6.92 Å². The number of aromatic nitrogens is 4. The predicted octanol–water partition coefficient (Wildman–Crippen LogP) is 5.06. The molecule has 4 aromatic heterocycles. The monoisotopic (exact) mass is 768 g/mol. The van der Waals surface area contributed by atoms with E-state index in [0.29, 0.717) is 39.3 Å². The van der Waals surface area contributed by atoms with Crippen LogP contribution in [0.15, 0.2) is 64.8 Å². The third-order valence-corrected chi connectivity index (χ3v) is 12.9. The van der Waals surface area contributed by atoms with Gasteiger partial charge in [0, 0.05) is 49.1 Å². The Morgan fingerprint density at radius 3 is 2.70 bits per heavy atom. The van der Waals surface area contributed by atoms with Crippen LogP contribution in [0.25, 0.3) is 21.9 Å². The summed E-state index contributed by atoms with van der Waals surface area (Å²) < 4.78 is 8.02. The molecule has 0 saturated carbocycles. The normalized spacial score (nSPS) is 16.9. The van der Waals surface area contributed by atoms with Crippen molar-refractivity contribution in [1.82, 2.24) is 30.2 Å². The Hall–Kier alpha value is -4.44. The number of phenols is 1. The van der Waals surface area contributed by atoms with Gasteiger partial charge < -0.3 is 35.3 Å². The molecule has 0 bridgehead atoms. The molecule has 2 atom stereocenters. The Morgan fingerprint density at radius 2 is 1.93 bits per heavy atom. The number of aryl methyl sites for hydroxylation is 3. The molecule has 14 heteroatoms. The van der Waals surface area contributed by atoms with E-state index in [4.69, 9.17) is 4.74 Å². The smallest absolute Gasteiger partial charge is 0.349 e. The molecular weight excluding hydrogens is 725 g/mol. The zero-order valence-corrected chi connectivity index (χ0v) is 31.7. The molecule has 5 heterocycles. The van der Waals surface area contributed by atoms with E-state index in [1.807, 2.05) is 35.2 Å². The number of phenolic OH excluding ortho intramolecular Hbond substituents is 1. The van der Waals surface area contributed by atoms with Gasteiger partial charge in [-0.3, -0.25) is 4.79 Å². The van der Waals surface area contributed by atoms with E-state index in [1.165, 1.54) is 45.9 Å². The van der Waals surface area contributed by atoms with Crippen LogP contribution in [0.3, 0.4) is 0 Å². The van der Waals surface area contributed by atoms with Gasteiger partial charge in [0.05, 0.1) is 26.9 Å². The van der Waals surface area contributed by atoms with Crippen molar-refractivity contribution < 1.29 is 24.9 Å². The molecule has 12 nitrogen and oxygen atoms in total. The van der Waals surface area contributed by atoms with E-state index < -0.39 is 17.7 Å². The molecule has 1 fully saturated rings. The predicted molar refractivity (Wildman–Crippen MR) is 209 cm³/mol. The molecule has 2 aliphatic rings. The molecule has 2 aromatic carbocycles. The number of hydrogen-bond acceptors (Lipinski definition) is 12. The lowest BCUT2D eigenvalue weighted by atomic mass is 9.99. The first-order valence-corrected chi connectivity index (χ1v) is 20.3. The number of aliphatic hydroxyl groups excluding tert-OH is 1. The molecule has 5 N–H and O–H groups in total. The van der Waals surface area contributed by atoms with Crippen molar-refractivity contribution in [2.24, 2.45) is 0 Å². The van der Waals surface area contributed by atoms with Gasteiger partial charge >= 0.3 is 5.97 Å². The third kappa shape index (κ3) is 7.09. The minimum Gasteiger partial charge on any atom is -0.506 e. The molecule has 0 amide bonds. The number of ether oxygens (including phenoxy) is 1. The van der Waals surface area contributed by atoms with Gasteiger partial charge in [-0.2, -0.15) is 0 Å². The summed E-state index contributed by atoms with van der Waals surface area (Å²) in [6.45, 7) is 6.11. The number of fused-ring (bicyclic) bond motifs is 4. The lowest BCUT2D eigenvalue weighted by Crippen LogP contribution is -2.43. The standard InChI is InChI=1S/C40H44N6O6S2/c1-24-8-12-35(54-24)40(51,34-7-3-20-53-34)39(50)52-26-14-18-45(19-15-26)16-4-17-46-38-30-6-2-5-27(30)25(21-31(38)43-44-46)22-41-23-33(48)28-9-11-32(47)37-29(28)10-13-36(49)42-37/h3,7-13,20-21,26,33,41,47-48,51H,2,4-6,14-19,22-23H2,1H3,(H,42,49)/t33-,40+/m0/s1. The number of likely N-dealkylation sites (tertiary alicyclic amines) is 1. The fourth-order valence-corrected chi connectivity index (χ4v) is 9.88. The van der Waals surface area contributed by atoms with Crippen LogP contribution in [-0.2, 0) is 41.1 Å². The second kappa shape index (κ2) is 15.4. The van der Waals surface area contributed by atoms with Crippen LogP contribution in [0.5, 0.6) is 5.75 Å². The SMILES string of the molecule is Cc1ccc([C@@](O)(C(=O)OC2CCN(CCCn3nnc4cc(CNC[C@H](O)c5ccc(O)c6[nH]c(=O)ccc56)c5c(c43)CCC5)CC2)c2cccs2)s1. The Kier molecular flexibility index (Phi) is 10.4. The summed E-state index contributed by atoms with van der Waals surface area (Å²) in [7, 11) is 0. The van der Waals surface area contributed by atoms with E-state index >= 15 is 0 Å². The van der Waals surface area contributed by atoms with Gasteiger partial charge in [0.2, 0.25) is 11.2 Å². The fraction of sp³-hybridized carbons (Fsp3) is 0.400. The maximum atomic E-state index is 13.5. The maximum Gasteiger partial charge on any atom is 0.349 e. The van der Waals surface area contributed by atoms with Crippen molar-refractivity contribution in [3.8, 4) is 5.75 Å². The molecule has 282 valence electrons. The quantitative estimate of drug-likeness (QED) is 0.100. The highest BCUT2D eigenvalue weighted by Gasteiger charge is 2.45. The van der Waals surface area contributed by atoms with Gasteiger partial charge in [-0.25, -0.2) is 9.48 Å². The molecule has 1 aliphatic carbocycles. The second-order valence-corrected chi connectivity index (χ2v) is 16.6. The first-order chi connectivity index (χ1) is 26.2. The number of esters is 1. The van der Waals surface area contributed by atoms with Gasteiger partial charge in [-0.1, -0.05) is 17.3 Å². The van der Waals surface area contributed by atoms with Crippen molar-refractivity contribution >= 4 is 50.6 Å². The number of pyridine rings is 1. The van der Waals surface area contributed by atoms with Crippen LogP contribution >= 0.6 is 22.7 Å². The Bertz CT molecular complexity index is 2340. The van der Waals surface area contributed by atoms with Crippen molar-refractivity contribution in [2.45, 2.75) is 76.3 Å². The Morgan fingerprint density at radius 1 is 1.09 bits per heavy atom. The van der Waals surface area contributed by atoms with Gasteiger partial charge in [0.15, 0.2) is 0 Å². The zero-order chi connectivity index (χ0) is 37.4. The Balaban J connectivity index is 0.852. The molecule has 54 heavy (non-hydrogen) atoms. The zero-order valence-electron chi connectivity index (χ0n) is 30.1. The number of carbonyl (C=O) groups is 1. The number of H-pyrrole nitrogens is 1. The molecular formula is C40H44N6O6S2. The average Bonchev–Trinajstić information content (AvgIpc) is 4.01. The first kappa shape index (κ1) is 36.5. The minimum absolute atomic E-state index is 0.0333. The number of rotatable bonds is 13. The minimum atomic E-state index is -1.79. The number of carbonyl (C=O) groups excluding carboxylic acids is 1. The highest BCUT2D eigenvalue weighted by atomic mass is 32.1. The number of thiophene rings is 2. The third-order valence-electron chi connectivity index (χ3n) is 10.8. The summed E-state index contributed by atoms with van der Waals surface area (Å²) in [5, 5.41) is 48.0. The topological polar surface area (TPSA) is 166 Å². The molecule has 1 aliphatic heterocycles. The summed E-state index contributed by atoms with van der Waals surface area (Å²) in [6, 6.07) is 15.7. The summed E-state index contributed by atoms with van der Waals surface area (Å²) in [5.74, 6) is -0.635. The van der Waals surface area contributed by atoms with Crippen molar-refractivity contribution in [1.29, 1.82) is 0 Å². The lowest BCUT2D eigenvalue weighted by Gasteiger charge is -2.33. The fourth-order valence-electron chi connectivity index (χ4n) is 8.03. The largest absolute Gasteiger partial charge is 0.506 e. The van der Waals surface area contributed by atoms with Crippen molar-refractivity contribution in [3.05, 3.63) is 107 Å². The van der Waals surface area contributed by atoms with Crippen molar-refractivity contribution in [3.63, 3.8) is 0 Å². The summed E-state index contributed by atoms with van der Waals surface area (Å²) in [4.78, 5) is 32.5. The molecule has 6 aromatic rings. The molecule has 0 radical (unpaired) electrons. The van der Waals surface area contributed by atoms with Crippen LogP contribution in [0.4, 0.5) is 0 Å². The second-order valence-electron chi connectivity index (χ2n) is 14.4. The average molecular weight is 769 g/mol. The summed E-state index contributed by atoms with van der Waals surface area (Å²) in [6.07, 6.45) is 4.31. The van der Waals surface area contributed by atoms with E-state index in [9.17, 15) is 24.9 Å². The lowest BCUT2D eigenvalue weighted by molar-refractivity contribution is -0.169. The highest BCUT2D eigenvalue weighted by Crippen LogP contribution is 2.39. The van der Waals surface area contributed by atoms with Crippen LogP contribution in [-0.4, -0.2) is 78.4 Å². The number of aromatic hydroxyl groups is 1. The van der Waals surface area contributed by atoms with Crippen LogP contribution in [0.2, 0.25) is 0 Å². The number of piperidine rings is 1. The summed E-state index contributed by atoms with van der Waals surface area (Å²) in [5.41, 5.74) is 4.64. The number of hydrogen-bond donors (Lipinski definition) is 5. The van der Waals surface area contributed by atoms with E-state index in [0.717, 1.165) is 86.2 Å². The molecule has 8 rings (SSSR count). The van der Waals surface area contributed by atoms with Gasteiger partial charge in [-0.05, 0) is 116 Å². The molecule has 0 spiro atoms. The Labute approximate surface area is 320 Å². The summed E-state index contributed by atoms with van der Waals surface area (Å²) >= 11 is 2.77. The van der Waals surface area contributed by atoms with Crippen LogP contribution in [0.1, 0.15) is 68.7 Å². The number of aromatic amines is 1. The first-order valence-electron chi connectivity index (χ1n) is 18.6. The van der Waals surface area contributed by atoms with Gasteiger partial charge in [0.1, 0.15) is 17.4 Å². The highest BCUT2D eigenvalue weighted by molar-refractivity contribution is 7.13. The van der Waals surface area contributed by atoms with Gasteiger partial charge in [0.25, 0.3) is 0 Å². The number of nitrogens with one attached hydrogen (secondary N) is 2. The van der Waals surface area contributed by atoms with E-state index in [-0.39, 0.29) is 17.4 Å². The van der Waals surface area contributed by atoms with Crippen molar-refractivity contribution in [2.75, 3.05) is 26.2 Å². The molecule has 0 unspecified atom stereocenters. The number of aliphatic hydroxyl groups is 2. The van der Waals surface area contributed by atoms with Crippen LogP contribution < -0.4 is 10.9 Å². The number of benzene rings is 2.